The van der Waals surface area contributed by atoms with E-state index in [9.17, 15) is 14.7 Å². The molecule has 3 atom stereocenters. The van der Waals surface area contributed by atoms with Gasteiger partial charge in [-0.05, 0) is 55.1 Å². The molecule has 186 valence electrons. The van der Waals surface area contributed by atoms with E-state index in [2.05, 4.69) is 48.4 Å². The fourth-order valence-electron chi connectivity index (χ4n) is 4.35. The third-order valence-electron chi connectivity index (χ3n) is 6.49. The van der Waals surface area contributed by atoms with Crippen LogP contribution in [0.4, 0.5) is 0 Å². The normalized spacial score (nSPS) is 18.6. The number of nitrogens with zero attached hydrogens (tertiary/aromatic N) is 1. The average molecular weight is 499 g/mol. The van der Waals surface area contributed by atoms with Crippen LogP contribution in [0.2, 0.25) is 0 Å². The molecule has 1 aliphatic heterocycles. The molecule has 2 amide bonds. The van der Waals surface area contributed by atoms with Crippen molar-refractivity contribution in [2.75, 3.05) is 6.16 Å². The van der Waals surface area contributed by atoms with Crippen molar-refractivity contribution in [3.63, 3.8) is 0 Å². The number of benzene rings is 1. The Bertz CT molecular complexity index is 772. The van der Waals surface area contributed by atoms with E-state index in [1.807, 2.05) is 13.8 Å². The van der Waals surface area contributed by atoms with Crippen molar-refractivity contribution in [3.05, 3.63) is 29.8 Å². The van der Waals surface area contributed by atoms with E-state index in [1.54, 1.807) is 17.8 Å². The van der Waals surface area contributed by atoms with Gasteiger partial charge in [0.1, 0.15) is 5.41 Å². The summed E-state index contributed by atoms with van der Waals surface area (Å²) >= 11 is 0. The standard InChI is InChI=1S/C16H27P.C11H18N2O3.Na/c1-3-5-7-10-14-17-16-13-9-8-12-15(16)11-6-4-2;1-4-6-7(3)11(5-2)8(14)12-10(16)13-9(11)15;/h8-9,12-13,17H,3-7,10-11,14H2,1-2H3;7H,4-6H2,1-3H3,(H2,12,13,14,15,16);/q;;+1/p-1. The Balaban J connectivity index is 0.000000623. The largest absolute Gasteiger partial charge is 1.00 e. The van der Waals surface area contributed by atoms with Crippen LogP contribution in [0.5, 0.6) is 0 Å². The number of hydrogen-bond donors (Lipinski definition) is 1. The summed E-state index contributed by atoms with van der Waals surface area (Å²) < 4.78 is 0. The number of amidine groups is 1. The Morgan fingerprint density at radius 3 is 2.26 bits per heavy atom. The molecule has 5 nitrogen and oxygen atoms in total. The van der Waals surface area contributed by atoms with Crippen LogP contribution in [-0.4, -0.2) is 24.0 Å². The van der Waals surface area contributed by atoms with E-state index in [0.717, 1.165) is 21.4 Å². The Morgan fingerprint density at radius 2 is 1.68 bits per heavy atom. The molecule has 0 bridgehead atoms. The van der Waals surface area contributed by atoms with Crippen LogP contribution >= 0.6 is 8.58 Å². The van der Waals surface area contributed by atoms with Crippen molar-refractivity contribution in [3.8, 4) is 0 Å². The van der Waals surface area contributed by atoms with Gasteiger partial charge in [-0.1, -0.05) is 99.6 Å². The first-order valence-electron chi connectivity index (χ1n) is 12.8. The molecule has 1 heterocycles. The molecule has 1 aromatic rings. The maximum Gasteiger partial charge on any atom is 1.00 e. The van der Waals surface area contributed by atoms with Crippen LogP contribution in [0.1, 0.15) is 98.0 Å². The summed E-state index contributed by atoms with van der Waals surface area (Å²) in [5.74, 6) is -1.20. The molecule has 34 heavy (non-hydrogen) atoms. The third kappa shape index (κ3) is 10.1. The Morgan fingerprint density at radius 1 is 1.00 bits per heavy atom. The molecular weight excluding hydrogens is 454 g/mol. The second-order valence-electron chi connectivity index (χ2n) is 8.94. The van der Waals surface area contributed by atoms with E-state index in [1.165, 1.54) is 51.1 Å². The van der Waals surface area contributed by atoms with E-state index in [4.69, 9.17) is 0 Å². The molecule has 0 saturated heterocycles. The molecular formula is C27H44N2NaO3P. The van der Waals surface area contributed by atoms with E-state index in [0.29, 0.717) is 6.42 Å². The fourth-order valence-corrected chi connectivity index (χ4v) is 5.70. The summed E-state index contributed by atoms with van der Waals surface area (Å²) in [5, 5.41) is 14.7. The first-order chi connectivity index (χ1) is 15.9. The summed E-state index contributed by atoms with van der Waals surface area (Å²) in [4.78, 5) is 27.1. The van der Waals surface area contributed by atoms with E-state index in [-0.39, 0.29) is 35.5 Å². The van der Waals surface area contributed by atoms with Gasteiger partial charge in [-0.2, -0.15) is 0 Å². The molecule has 0 saturated carbocycles. The number of rotatable bonds is 13. The van der Waals surface area contributed by atoms with E-state index < -0.39 is 23.3 Å². The van der Waals surface area contributed by atoms with Crippen molar-refractivity contribution in [2.24, 2.45) is 16.3 Å². The van der Waals surface area contributed by atoms with Crippen LogP contribution in [-0.2, 0) is 16.0 Å². The van der Waals surface area contributed by atoms with Gasteiger partial charge >= 0.3 is 29.6 Å². The molecule has 0 radical (unpaired) electrons. The van der Waals surface area contributed by atoms with Gasteiger partial charge in [-0.15, -0.1) is 0 Å². The first-order valence-corrected chi connectivity index (χ1v) is 14.0. The summed E-state index contributed by atoms with van der Waals surface area (Å²) in [6.07, 6.45) is 12.9. The van der Waals surface area contributed by atoms with Crippen molar-refractivity contribution in [1.82, 2.24) is 5.32 Å². The van der Waals surface area contributed by atoms with Gasteiger partial charge in [-0.25, -0.2) is 4.99 Å². The minimum atomic E-state index is -1.15. The van der Waals surface area contributed by atoms with Gasteiger partial charge in [0, 0.05) is 0 Å². The predicted molar refractivity (Wildman–Crippen MR) is 139 cm³/mol. The van der Waals surface area contributed by atoms with Crippen LogP contribution in [0.25, 0.3) is 0 Å². The Hall–Kier alpha value is -0.740. The Labute approximate surface area is 231 Å². The number of aliphatic imine (C=N–C) groups is 1. The van der Waals surface area contributed by atoms with Gasteiger partial charge in [0.15, 0.2) is 0 Å². The molecule has 0 aromatic heterocycles. The summed E-state index contributed by atoms with van der Waals surface area (Å²) in [6, 6.07) is 8.20. The molecule has 1 aliphatic rings. The second kappa shape index (κ2) is 18.5. The maximum absolute atomic E-state index is 11.9. The number of unbranched alkanes of at least 4 members (excludes halogenated alkanes) is 4. The van der Waals surface area contributed by atoms with Crippen molar-refractivity contribution in [2.45, 2.75) is 98.8 Å². The number of amides is 2. The van der Waals surface area contributed by atoms with Crippen molar-refractivity contribution >= 4 is 31.7 Å². The zero-order valence-electron chi connectivity index (χ0n) is 22.3. The van der Waals surface area contributed by atoms with Crippen molar-refractivity contribution in [1.29, 1.82) is 0 Å². The summed E-state index contributed by atoms with van der Waals surface area (Å²) in [6.45, 7) is 10.2. The molecule has 0 aliphatic carbocycles. The molecule has 0 fully saturated rings. The zero-order valence-corrected chi connectivity index (χ0v) is 25.3. The van der Waals surface area contributed by atoms with Gasteiger partial charge < -0.3 is 10.4 Å². The molecule has 7 heteroatoms. The molecule has 2 rings (SSSR count). The van der Waals surface area contributed by atoms with Gasteiger partial charge in [0.25, 0.3) is 5.91 Å². The minimum absolute atomic E-state index is 0. The van der Waals surface area contributed by atoms with Gasteiger partial charge in [0.2, 0.25) is 5.91 Å². The Kier molecular flexibility index (Phi) is 18.1. The van der Waals surface area contributed by atoms with Crippen LogP contribution in [0.3, 0.4) is 0 Å². The van der Waals surface area contributed by atoms with Crippen molar-refractivity contribution < 1.29 is 44.3 Å². The number of carbonyl (C=O) groups excluding carboxylic acids is 2. The molecule has 1 N–H and O–H groups in total. The topological polar surface area (TPSA) is 81.6 Å². The number of hydrogen-bond acceptors (Lipinski definition) is 3. The average Bonchev–Trinajstić information content (AvgIpc) is 2.79. The summed E-state index contributed by atoms with van der Waals surface area (Å²) in [5.41, 5.74) is 0.451. The molecule has 0 spiro atoms. The van der Waals surface area contributed by atoms with Gasteiger partial charge in [0.05, 0.1) is 6.02 Å². The van der Waals surface area contributed by atoms with Crippen LogP contribution < -0.4 is 45.3 Å². The third-order valence-corrected chi connectivity index (χ3v) is 7.97. The molecule has 1 aromatic carbocycles. The number of aryl methyl sites for hydroxylation is 1. The smallest absolute Gasteiger partial charge is 0.846 e. The quantitative estimate of drug-likeness (QED) is 0.196. The van der Waals surface area contributed by atoms with Gasteiger partial charge in [-0.3, -0.25) is 9.59 Å². The van der Waals surface area contributed by atoms with E-state index >= 15 is 0 Å². The minimum Gasteiger partial charge on any atom is -0.846 e. The predicted octanol–water partition coefficient (Wildman–Crippen LogP) is 2.11. The maximum atomic E-state index is 11.9. The van der Waals surface area contributed by atoms with Crippen LogP contribution in [0.15, 0.2) is 29.3 Å². The fraction of sp³-hybridized carbons (Fsp3) is 0.667. The SMILES string of the molecule is CCCC(C)C1(CC)C(=O)N=C([O-])NC1=O.CCCCCCPc1ccccc1CCCC.[Na+]. The number of nitrogens with one attached hydrogen (secondary N) is 1. The first kappa shape index (κ1) is 33.3. The monoisotopic (exact) mass is 498 g/mol. The van der Waals surface area contributed by atoms with Crippen LogP contribution in [0, 0.1) is 11.3 Å². The molecule has 3 unspecified atom stereocenters. The second-order valence-corrected chi connectivity index (χ2v) is 10.3. The summed E-state index contributed by atoms with van der Waals surface area (Å²) in [7, 11) is 1.03. The zero-order chi connectivity index (χ0) is 24.7. The number of carbonyl (C=O) groups is 2.